The molecular formula is C9H11Br2FN2O2S. The first-order valence-corrected chi connectivity index (χ1v) is 8.32. The molecule has 0 aliphatic rings. The number of aromatic nitrogens is 1. The monoisotopic (exact) mass is 388 g/mol. The third-order valence-corrected chi connectivity index (χ3v) is 6.04. The number of pyridine rings is 1. The molecule has 1 rings (SSSR count). The predicted molar refractivity (Wildman–Crippen MR) is 70.5 cm³/mol. The first kappa shape index (κ1) is 15.0. The summed E-state index contributed by atoms with van der Waals surface area (Å²) < 4.78 is 39.3. The highest BCUT2D eigenvalue weighted by Gasteiger charge is 2.29. The van der Waals surface area contributed by atoms with Crippen LogP contribution in [0.5, 0.6) is 0 Å². The van der Waals surface area contributed by atoms with Crippen molar-refractivity contribution in [3.8, 4) is 0 Å². The third-order valence-electron chi connectivity index (χ3n) is 1.96. The Balaban J connectivity index is 3.05. The number of sulfonamides is 1. The molecule has 17 heavy (non-hydrogen) atoms. The van der Waals surface area contributed by atoms with Crippen molar-refractivity contribution in [2.24, 2.45) is 0 Å². The van der Waals surface area contributed by atoms with Crippen LogP contribution >= 0.6 is 31.9 Å². The van der Waals surface area contributed by atoms with Crippen molar-refractivity contribution in [1.29, 1.82) is 0 Å². The molecule has 1 aromatic heterocycles. The van der Waals surface area contributed by atoms with Crippen molar-refractivity contribution in [1.82, 2.24) is 9.71 Å². The summed E-state index contributed by atoms with van der Waals surface area (Å²) in [6.45, 7) is 1.72. The van der Waals surface area contributed by atoms with Gasteiger partial charge in [-0.1, -0.05) is 31.9 Å². The van der Waals surface area contributed by atoms with Gasteiger partial charge in [-0.2, -0.15) is 0 Å². The van der Waals surface area contributed by atoms with E-state index in [9.17, 15) is 12.8 Å². The molecule has 8 heteroatoms. The smallest absolute Gasteiger partial charge is 0.242 e. The van der Waals surface area contributed by atoms with E-state index in [-0.39, 0.29) is 4.90 Å². The second kappa shape index (κ2) is 5.73. The zero-order valence-corrected chi connectivity index (χ0v) is 12.9. The summed E-state index contributed by atoms with van der Waals surface area (Å²) in [6, 6.07) is 0.929. The molecule has 0 bridgehead atoms. The average Bonchev–Trinajstić information content (AvgIpc) is 2.28. The molecule has 1 N–H and O–H groups in total. The average molecular weight is 390 g/mol. The van der Waals surface area contributed by atoms with E-state index in [1.807, 2.05) is 0 Å². The SMILES string of the molecule is CC(CBr)(CBr)NS(=O)(=O)c1cncc(F)c1. The highest BCUT2D eigenvalue weighted by Crippen LogP contribution is 2.17. The Hall–Kier alpha value is -0.0500. The van der Waals surface area contributed by atoms with Crippen molar-refractivity contribution in [3.63, 3.8) is 0 Å². The summed E-state index contributed by atoms with van der Waals surface area (Å²) in [5.74, 6) is -0.688. The molecule has 0 spiro atoms. The van der Waals surface area contributed by atoms with Gasteiger partial charge in [-0.25, -0.2) is 17.5 Å². The van der Waals surface area contributed by atoms with Crippen LogP contribution in [0.3, 0.4) is 0 Å². The Bertz CT molecular complexity index is 492. The molecule has 1 heterocycles. The van der Waals surface area contributed by atoms with E-state index in [4.69, 9.17) is 0 Å². The lowest BCUT2D eigenvalue weighted by Crippen LogP contribution is -2.48. The Kier molecular flexibility index (Phi) is 5.06. The Morgan fingerprint density at radius 1 is 1.41 bits per heavy atom. The largest absolute Gasteiger partial charge is 0.260 e. The number of hydrogen-bond donors (Lipinski definition) is 1. The van der Waals surface area contributed by atoms with Crippen LogP contribution in [-0.2, 0) is 10.0 Å². The molecule has 1 aromatic rings. The van der Waals surface area contributed by atoms with Crippen molar-refractivity contribution < 1.29 is 12.8 Å². The van der Waals surface area contributed by atoms with Gasteiger partial charge in [0.25, 0.3) is 0 Å². The van der Waals surface area contributed by atoms with Crippen LogP contribution in [0.25, 0.3) is 0 Å². The molecule has 0 aliphatic heterocycles. The van der Waals surface area contributed by atoms with Crippen LogP contribution in [0.1, 0.15) is 6.92 Å². The molecule has 4 nitrogen and oxygen atoms in total. The van der Waals surface area contributed by atoms with Gasteiger partial charge in [0.2, 0.25) is 10.0 Å². The third kappa shape index (κ3) is 3.97. The van der Waals surface area contributed by atoms with Crippen molar-refractivity contribution >= 4 is 41.9 Å². The number of nitrogens with one attached hydrogen (secondary N) is 1. The molecule has 96 valence electrons. The molecule has 0 saturated heterocycles. The van der Waals surface area contributed by atoms with Gasteiger partial charge in [0.05, 0.1) is 6.20 Å². The van der Waals surface area contributed by atoms with Crippen molar-refractivity contribution in [2.75, 3.05) is 10.7 Å². The predicted octanol–water partition coefficient (Wildman–Crippen LogP) is 2.05. The highest BCUT2D eigenvalue weighted by atomic mass is 79.9. The number of nitrogens with zero attached hydrogens (tertiary/aromatic N) is 1. The quantitative estimate of drug-likeness (QED) is 0.784. The van der Waals surface area contributed by atoms with Crippen LogP contribution in [0, 0.1) is 5.82 Å². The zero-order valence-electron chi connectivity index (χ0n) is 8.95. The number of rotatable bonds is 5. The first-order chi connectivity index (χ1) is 7.83. The first-order valence-electron chi connectivity index (χ1n) is 4.59. The lowest BCUT2D eigenvalue weighted by atomic mass is 10.1. The molecular weight excluding hydrogens is 379 g/mol. The van der Waals surface area contributed by atoms with Gasteiger partial charge in [-0.3, -0.25) is 4.98 Å². The van der Waals surface area contributed by atoms with E-state index in [1.165, 1.54) is 0 Å². The van der Waals surface area contributed by atoms with Gasteiger partial charge in [0, 0.05) is 22.4 Å². The molecule has 0 saturated carbocycles. The van der Waals surface area contributed by atoms with Gasteiger partial charge in [0.15, 0.2) is 0 Å². The van der Waals surface area contributed by atoms with Gasteiger partial charge < -0.3 is 0 Å². The van der Waals surface area contributed by atoms with Crippen LogP contribution in [0.15, 0.2) is 23.4 Å². The normalized spacial score (nSPS) is 12.7. The second-order valence-electron chi connectivity index (χ2n) is 3.77. The van der Waals surface area contributed by atoms with Gasteiger partial charge in [0.1, 0.15) is 10.7 Å². The summed E-state index contributed by atoms with van der Waals surface area (Å²) in [5, 5.41) is 0.848. The topological polar surface area (TPSA) is 59.1 Å². The number of hydrogen-bond acceptors (Lipinski definition) is 3. The summed E-state index contributed by atoms with van der Waals surface area (Å²) in [7, 11) is -3.78. The zero-order chi connectivity index (χ0) is 13.1. The second-order valence-corrected chi connectivity index (χ2v) is 6.58. The minimum absolute atomic E-state index is 0.189. The van der Waals surface area contributed by atoms with E-state index < -0.39 is 21.4 Å². The number of halogens is 3. The molecule has 0 unspecified atom stereocenters. The van der Waals surface area contributed by atoms with E-state index in [0.29, 0.717) is 10.7 Å². The fourth-order valence-corrected chi connectivity index (χ4v) is 3.97. The molecule has 0 atom stereocenters. The summed E-state index contributed by atoms with van der Waals surface area (Å²) in [6.07, 6.45) is 2.06. The van der Waals surface area contributed by atoms with Crippen LogP contribution in [-0.4, -0.2) is 29.6 Å². The number of alkyl halides is 2. The van der Waals surface area contributed by atoms with E-state index in [2.05, 4.69) is 41.6 Å². The van der Waals surface area contributed by atoms with Gasteiger partial charge in [-0.05, 0) is 13.0 Å². The van der Waals surface area contributed by atoms with Crippen molar-refractivity contribution in [3.05, 3.63) is 24.3 Å². The van der Waals surface area contributed by atoms with E-state index in [0.717, 1.165) is 18.5 Å². The van der Waals surface area contributed by atoms with Gasteiger partial charge >= 0.3 is 0 Å². The maximum Gasteiger partial charge on any atom is 0.242 e. The van der Waals surface area contributed by atoms with Crippen LogP contribution in [0.2, 0.25) is 0 Å². The van der Waals surface area contributed by atoms with E-state index >= 15 is 0 Å². The fraction of sp³-hybridized carbons (Fsp3) is 0.444. The molecule has 0 radical (unpaired) electrons. The molecule has 0 amide bonds. The maximum atomic E-state index is 12.9. The Labute approximate surface area is 116 Å². The maximum absolute atomic E-state index is 12.9. The highest BCUT2D eigenvalue weighted by molar-refractivity contribution is 9.09. The molecule has 0 aromatic carbocycles. The molecule has 0 aliphatic carbocycles. The summed E-state index contributed by atoms with van der Waals surface area (Å²) in [4.78, 5) is 3.33. The fourth-order valence-electron chi connectivity index (χ4n) is 1.01. The minimum atomic E-state index is -3.78. The summed E-state index contributed by atoms with van der Waals surface area (Å²) in [5.41, 5.74) is -0.689. The van der Waals surface area contributed by atoms with Crippen LogP contribution in [0.4, 0.5) is 4.39 Å². The Morgan fingerprint density at radius 2 is 2.00 bits per heavy atom. The van der Waals surface area contributed by atoms with Gasteiger partial charge in [-0.15, -0.1) is 0 Å². The Morgan fingerprint density at radius 3 is 2.47 bits per heavy atom. The minimum Gasteiger partial charge on any atom is -0.260 e. The molecule has 0 fully saturated rings. The van der Waals surface area contributed by atoms with E-state index in [1.54, 1.807) is 6.92 Å². The lowest BCUT2D eigenvalue weighted by Gasteiger charge is -2.25. The standard InChI is InChI=1S/C9H11Br2FN2O2S/c1-9(5-10,6-11)14-17(15,16)8-2-7(12)3-13-4-8/h2-4,14H,5-6H2,1H3. The lowest BCUT2D eigenvalue weighted by molar-refractivity contribution is 0.507. The van der Waals surface area contributed by atoms with Crippen molar-refractivity contribution in [2.45, 2.75) is 17.4 Å². The van der Waals surface area contributed by atoms with Crippen LogP contribution < -0.4 is 4.72 Å². The summed E-state index contributed by atoms with van der Waals surface area (Å²) >= 11 is 6.45.